The topological polar surface area (TPSA) is 82.1 Å². The van der Waals surface area contributed by atoms with Crippen molar-refractivity contribution in [2.75, 3.05) is 32.5 Å². The van der Waals surface area contributed by atoms with Gasteiger partial charge in [0.1, 0.15) is 6.10 Å². The Kier molecular flexibility index (Phi) is 10.3. The number of hydrogen-bond donors (Lipinski definition) is 0. The first-order valence-electron chi connectivity index (χ1n) is 20.3. The molecule has 0 aromatic rings. The van der Waals surface area contributed by atoms with Crippen molar-refractivity contribution in [3.05, 3.63) is 12.2 Å². The van der Waals surface area contributed by atoms with Crippen LogP contribution in [0.15, 0.2) is 12.2 Å². The third kappa shape index (κ3) is 6.33. The highest BCUT2D eigenvalue weighted by atomic mass is 28.3. The summed E-state index contributed by atoms with van der Waals surface area (Å²) in [6.07, 6.45) is 8.47. The van der Waals surface area contributed by atoms with Crippen molar-refractivity contribution < 1.29 is 37.4 Å². The minimum absolute atomic E-state index is 0.00931. The van der Waals surface area contributed by atoms with Crippen LogP contribution in [-0.2, 0) is 28.6 Å². The van der Waals surface area contributed by atoms with Crippen molar-refractivity contribution in [3.8, 4) is 0 Å². The summed E-state index contributed by atoms with van der Waals surface area (Å²) in [6, 6.07) is 0. The highest BCUT2D eigenvalue weighted by Gasteiger charge is 2.72. The van der Waals surface area contributed by atoms with E-state index in [1.165, 1.54) is 11.8 Å². The molecule has 6 rings (SSSR count). The summed E-state index contributed by atoms with van der Waals surface area (Å²) in [6.45, 7) is 25.4. The number of amides is 1. The van der Waals surface area contributed by atoms with Crippen molar-refractivity contribution in [2.24, 2.45) is 56.7 Å². The van der Waals surface area contributed by atoms with Gasteiger partial charge in [-0.3, -0.25) is 14.4 Å². The average Bonchev–Trinajstić information content (AvgIpc) is 3.46. The van der Waals surface area contributed by atoms with Crippen LogP contribution in [0.3, 0.4) is 0 Å². The Bertz CT molecular complexity index is 1440. The number of morpholine rings is 1. The molecule has 0 N–H and O–H groups in total. The van der Waals surface area contributed by atoms with E-state index in [0.29, 0.717) is 42.9 Å². The van der Waals surface area contributed by atoms with Gasteiger partial charge >= 0.3 is 17.9 Å². The van der Waals surface area contributed by atoms with Crippen LogP contribution in [0.2, 0.25) is 19.6 Å². The van der Waals surface area contributed by atoms with Crippen molar-refractivity contribution >= 4 is 25.9 Å². The lowest BCUT2D eigenvalue weighted by molar-refractivity contribution is -0.250. The molecular formula is C42H67F2NO6Si. The van der Waals surface area contributed by atoms with Crippen molar-refractivity contribution in [3.63, 3.8) is 0 Å². The maximum atomic E-state index is 15.9. The first-order valence-corrected chi connectivity index (χ1v) is 24.0. The van der Waals surface area contributed by atoms with Gasteiger partial charge in [0.25, 0.3) is 5.91 Å². The molecule has 0 unspecified atom stereocenters. The predicted octanol–water partition coefficient (Wildman–Crippen LogP) is 8.86. The Morgan fingerprint density at radius 3 is 2.17 bits per heavy atom. The van der Waals surface area contributed by atoms with Crippen LogP contribution in [0.25, 0.3) is 0 Å². The lowest BCUT2D eigenvalue weighted by atomic mass is 9.32. The number of ether oxygens (including phenoxy) is 3. The molecule has 52 heavy (non-hydrogen) atoms. The molecule has 0 radical (unpaired) electrons. The highest BCUT2D eigenvalue weighted by Crippen LogP contribution is 2.78. The molecule has 10 heteroatoms. The smallest absolute Gasteiger partial charge is 0.328 e. The number of carbonyl (C=O) groups is 3. The molecule has 294 valence electrons. The van der Waals surface area contributed by atoms with Crippen LogP contribution in [-0.4, -0.2) is 75.4 Å². The van der Waals surface area contributed by atoms with E-state index in [2.05, 4.69) is 60.8 Å². The van der Waals surface area contributed by atoms with Crippen LogP contribution in [0.5, 0.6) is 0 Å². The van der Waals surface area contributed by atoms with Gasteiger partial charge in [-0.1, -0.05) is 66.4 Å². The molecule has 7 nitrogen and oxygen atoms in total. The van der Waals surface area contributed by atoms with E-state index >= 15 is 8.78 Å². The fourth-order valence-electron chi connectivity index (χ4n) is 13.7. The molecule has 0 bridgehead atoms. The molecule has 1 heterocycles. The standard InChI is InChI=1S/C42H67F2NO6Si/c1-27(25-42(43,44)35(47)45-21-23-49-24-22-45)29-13-18-41(36(48)50-26-52(8,9)10)20-19-39(6)30(34(29)41)11-12-32-38(5)16-15-33(51-28(2)46)37(3,4)31(38)14-17-40(32,39)7/h29-34H,1,11-26H2,2-10H3/t29-,30+,31-,32+,33-,34+,38-,39+,40+,41-/m0/s1. The number of hydrogen-bond acceptors (Lipinski definition) is 6. The van der Waals surface area contributed by atoms with Crippen LogP contribution in [0, 0.1) is 56.7 Å². The van der Waals surface area contributed by atoms with E-state index in [4.69, 9.17) is 14.2 Å². The minimum atomic E-state index is -3.57. The second-order valence-corrected chi connectivity index (χ2v) is 25.9. The second kappa shape index (κ2) is 13.4. The molecule has 0 aromatic heterocycles. The summed E-state index contributed by atoms with van der Waals surface area (Å²) in [5, 5.41) is 0. The number of nitrogens with zero attached hydrogens (tertiary/aromatic N) is 1. The lowest BCUT2D eigenvalue weighted by Crippen LogP contribution is -2.67. The summed E-state index contributed by atoms with van der Waals surface area (Å²) in [5.41, 5.74) is -0.498. The quantitative estimate of drug-likeness (QED) is 0.140. The fourth-order valence-corrected chi connectivity index (χ4v) is 14.3. The first kappa shape index (κ1) is 39.9. The van der Waals surface area contributed by atoms with E-state index in [0.717, 1.165) is 44.9 Å². The molecule has 0 aromatic carbocycles. The van der Waals surface area contributed by atoms with Gasteiger partial charge < -0.3 is 19.1 Å². The van der Waals surface area contributed by atoms with E-state index in [9.17, 15) is 14.4 Å². The maximum absolute atomic E-state index is 15.9. The zero-order valence-corrected chi connectivity index (χ0v) is 34.6. The maximum Gasteiger partial charge on any atom is 0.328 e. The number of allylic oxidation sites excluding steroid dienone is 1. The first-order chi connectivity index (χ1) is 24.0. The summed E-state index contributed by atoms with van der Waals surface area (Å²) < 4.78 is 49.2. The number of halogens is 2. The SMILES string of the molecule is C=C(CC(F)(F)C(=O)N1CCOCC1)[C@@H]1CC[C@]2(C(=O)OC[Si](C)(C)C)CC[C@]3(C)[C@H](CC[C@@H]4[C@@]5(C)CC[C@H](OC(C)=O)C(C)(C)[C@@H]5CC[C@]43C)[C@@H]12. The summed E-state index contributed by atoms with van der Waals surface area (Å²) >= 11 is 0. The lowest BCUT2D eigenvalue weighted by Gasteiger charge is -2.72. The third-order valence-electron chi connectivity index (χ3n) is 16.3. The highest BCUT2D eigenvalue weighted by molar-refractivity contribution is 6.76. The molecule has 1 saturated heterocycles. The Morgan fingerprint density at radius 2 is 1.54 bits per heavy atom. The average molecular weight is 748 g/mol. The number of fused-ring (bicyclic) bond motifs is 7. The number of rotatable bonds is 8. The molecule has 1 aliphatic heterocycles. The second-order valence-electron chi connectivity index (χ2n) is 20.5. The van der Waals surface area contributed by atoms with Gasteiger partial charge in [-0.05, 0) is 110 Å². The van der Waals surface area contributed by atoms with Gasteiger partial charge in [-0.15, -0.1) is 0 Å². The number of alkyl halides is 2. The van der Waals surface area contributed by atoms with E-state index in [-0.39, 0.29) is 83.8 Å². The monoisotopic (exact) mass is 747 g/mol. The Morgan fingerprint density at radius 1 is 0.865 bits per heavy atom. The van der Waals surface area contributed by atoms with E-state index in [1.807, 2.05) is 0 Å². The largest absolute Gasteiger partial charge is 0.469 e. The number of carbonyl (C=O) groups excluding carboxylic acids is 3. The van der Waals surface area contributed by atoms with Gasteiger partial charge in [-0.2, -0.15) is 8.78 Å². The van der Waals surface area contributed by atoms with E-state index < -0.39 is 31.7 Å². The van der Waals surface area contributed by atoms with Crippen LogP contribution in [0.4, 0.5) is 8.78 Å². The third-order valence-corrected chi connectivity index (χ3v) is 17.3. The van der Waals surface area contributed by atoms with Crippen molar-refractivity contribution in [1.29, 1.82) is 0 Å². The molecule has 6 fully saturated rings. The molecule has 5 aliphatic carbocycles. The van der Waals surface area contributed by atoms with Gasteiger partial charge in [-0.25, -0.2) is 0 Å². The Labute approximate surface area is 312 Å². The van der Waals surface area contributed by atoms with Crippen molar-refractivity contribution in [2.45, 2.75) is 144 Å². The zero-order chi connectivity index (χ0) is 38.3. The van der Waals surface area contributed by atoms with Gasteiger partial charge in [0.05, 0.1) is 32.9 Å². The Hall–Kier alpha value is -1.81. The van der Waals surface area contributed by atoms with E-state index in [1.54, 1.807) is 0 Å². The predicted molar refractivity (Wildman–Crippen MR) is 200 cm³/mol. The van der Waals surface area contributed by atoms with Crippen LogP contribution in [0.1, 0.15) is 112 Å². The van der Waals surface area contributed by atoms with Gasteiger partial charge in [0, 0.05) is 31.8 Å². The molecule has 1 amide bonds. The molecule has 6 aliphatic rings. The normalized spacial score (nSPS) is 41.5. The van der Waals surface area contributed by atoms with Crippen molar-refractivity contribution in [1.82, 2.24) is 4.90 Å². The zero-order valence-electron chi connectivity index (χ0n) is 33.6. The Balaban J connectivity index is 1.33. The summed E-state index contributed by atoms with van der Waals surface area (Å²) in [4.78, 5) is 40.9. The minimum Gasteiger partial charge on any atom is -0.469 e. The molecule has 0 spiro atoms. The fraction of sp³-hybridized carbons (Fsp3) is 0.881. The summed E-state index contributed by atoms with van der Waals surface area (Å²) in [7, 11) is -1.70. The molecular weight excluding hydrogens is 681 g/mol. The van der Waals surface area contributed by atoms with Gasteiger partial charge in [0.15, 0.2) is 0 Å². The summed E-state index contributed by atoms with van der Waals surface area (Å²) in [5.74, 6) is -4.46. The molecule has 5 saturated carbocycles. The van der Waals surface area contributed by atoms with Crippen LogP contribution >= 0.6 is 0 Å². The molecule has 10 atom stereocenters. The number of esters is 2. The van der Waals surface area contributed by atoms with Gasteiger partial charge in [0.2, 0.25) is 0 Å². The van der Waals surface area contributed by atoms with Crippen LogP contribution < -0.4 is 0 Å².